The minimum atomic E-state index is -0.410. The summed E-state index contributed by atoms with van der Waals surface area (Å²) in [5, 5.41) is 1.70. The third-order valence-electron chi connectivity index (χ3n) is 4.41. The number of fused-ring (bicyclic) bond motifs is 1. The van der Waals surface area contributed by atoms with Gasteiger partial charge in [0.2, 0.25) is 0 Å². The van der Waals surface area contributed by atoms with E-state index < -0.39 is 5.97 Å². The number of hydrogen-bond acceptors (Lipinski definition) is 3. The molecule has 1 heterocycles. The lowest BCUT2D eigenvalue weighted by atomic mass is 9.91. The van der Waals surface area contributed by atoms with Crippen molar-refractivity contribution in [3.8, 4) is 11.1 Å². The highest BCUT2D eigenvalue weighted by molar-refractivity contribution is 6.31. The number of ether oxygens (including phenoxy) is 1. The molecular formula is C20H16ClNO2. The van der Waals surface area contributed by atoms with Crippen LogP contribution in [0.25, 0.3) is 22.0 Å². The molecular weight excluding hydrogens is 322 g/mol. The summed E-state index contributed by atoms with van der Waals surface area (Å²) in [7, 11) is 1.39. The zero-order chi connectivity index (χ0) is 16.7. The van der Waals surface area contributed by atoms with Gasteiger partial charge in [0, 0.05) is 16.0 Å². The van der Waals surface area contributed by atoms with Gasteiger partial charge in [-0.1, -0.05) is 41.9 Å². The lowest BCUT2D eigenvalue weighted by molar-refractivity contribution is 0.0595. The molecule has 120 valence electrons. The highest BCUT2D eigenvalue weighted by Crippen LogP contribution is 2.48. The van der Waals surface area contributed by atoms with Gasteiger partial charge in [-0.25, -0.2) is 9.78 Å². The summed E-state index contributed by atoms with van der Waals surface area (Å²) in [6, 6.07) is 15.5. The summed E-state index contributed by atoms with van der Waals surface area (Å²) in [5.41, 5.74) is 4.17. The van der Waals surface area contributed by atoms with Crippen LogP contribution in [0.3, 0.4) is 0 Å². The molecule has 24 heavy (non-hydrogen) atoms. The smallest absolute Gasteiger partial charge is 0.357 e. The van der Waals surface area contributed by atoms with E-state index in [9.17, 15) is 4.79 Å². The zero-order valence-electron chi connectivity index (χ0n) is 13.3. The van der Waals surface area contributed by atoms with Crippen LogP contribution in [-0.4, -0.2) is 18.1 Å². The quantitative estimate of drug-likeness (QED) is 0.615. The van der Waals surface area contributed by atoms with Crippen LogP contribution in [0.15, 0.2) is 48.5 Å². The van der Waals surface area contributed by atoms with E-state index in [2.05, 4.69) is 4.98 Å². The van der Waals surface area contributed by atoms with Crippen molar-refractivity contribution in [1.29, 1.82) is 0 Å². The molecule has 1 saturated carbocycles. The first-order valence-corrected chi connectivity index (χ1v) is 8.33. The Balaban J connectivity index is 2.12. The maximum Gasteiger partial charge on any atom is 0.357 e. The third-order valence-corrected chi connectivity index (χ3v) is 4.65. The maximum atomic E-state index is 12.4. The number of nitrogens with zero attached hydrogens (tertiary/aromatic N) is 1. The topological polar surface area (TPSA) is 39.2 Å². The van der Waals surface area contributed by atoms with Crippen LogP contribution >= 0.6 is 11.6 Å². The lowest BCUT2D eigenvalue weighted by Gasteiger charge is -2.16. The molecule has 0 unspecified atom stereocenters. The van der Waals surface area contributed by atoms with Gasteiger partial charge in [-0.3, -0.25) is 0 Å². The molecule has 1 aromatic heterocycles. The van der Waals surface area contributed by atoms with Crippen molar-refractivity contribution >= 4 is 28.5 Å². The molecule has 0 aliphatic heterocycles. The molecule has 0 amide bonds. The molecule has 3 aromatic rings. The van der Waals surface area contributed by atoms with E-state index in [-0.39, 0.29) is 0 Å². The predicted octanol–water partition coefficient (Wildman–Crippen LogP) is 5.22. The summed E-state index contributed by atoms with van der Waals surface area (Å²) < 4.78 is 5.00. The minimum absolute atomic E-state index is 0.375. The number of benzene rings is 2. The van der Waals surface area contributed by atoms with Gasteiger partial charge in [-0.2, -0.15) is 0 Å². The van der Waals surface area contributed by atoms with Gasteiger partial charge in [0.1, 0.15) is 0 Å². The van der Waals surface area contributed by atoms with Crippen molar-refractivity contribution in [3.63, 3.8) is 0 Å². The Morgan fingerprint density at radius 3 is 2.58 bits per heavy atom. The number of halogens is 1. The van der Waals surface area contributed by atoms with Crippen molar-refractivity contribution in [1.82, 2.24) is 4.98 Å². The Labute approximate surface area is 145 Å². The summed E-state index contributed by atoms with van der Waals surface area (Å²) in [4.78, 5) is 17.0. The van der Waals surface area contributed by atoms with Crippen molar-refractivity contribution in [2.24, 2.45) is 0 Å². The van der Waals surface area contributed by atoms with Gasteiger partial charge in [-0.15, -0.1) is 0 Å². The Kier molecular flexibility index (Phi) is 3.73. The van der Waals surface area contributed by atoms with Gasteiger partial charge < -0.3 is 4.74 Å². The number of methoxy groups -OCH3 is 1. The van der Waals surface area contributed by atoms with Crippen LogP contribution in [0.1, 0.15) is 34.8 Å². The number of carbonyl (C=O) groups excluding carboxylic acids is 1. The average Bonchev–Trinajstić information content (AvgIpc) is 3.45. The molecule has 0 spiro atoms. The normalized spacial score (nSPS) is 13.9. The number of rotatable bonds is 3. The van der Waals surface area contributed by atoms with Crippen LogP contribution in [0.5, 0.6) is 0 Å². The summed E-state index contributed by atoms with van der Waals surface area (Å²) in [6.45, 7) is 0. The SMILES string of the molecule is COC(=O)c1nc2ccc(Cl)cc2c(C2CC2)c1-c1ccccc1. The zero-order valence-corrected chi connectivity index (χ0v) is 14.0. The number of esters is 1. The minimum Gasteiger partial charge on any atom is -0.464 e. The largest absolute Gasteiger partial charge is 0.464 e. The standard InChI is InChI=1S/C20H16ClNO2/c1-24-20(23)19-18(12-5-3-2-4-6-12)17(13-7-8-13)15-11-14(21)9-10-16(15)22-19/h2-6,9-11,13H,7-8H2,1H3. The molecule has 1 aliphatic carbocycles. The monoisotopic (exact) mass is 337 g/mol. The average molecular weight is 338 g/mol. The molecule has 4 rings (SSSR count). The van der Waals surface area contributed by atoms with Crippen LogP contribution in [0.2, 0.25) is 5.02 Å². The number of pyridine rings is 1. The molecule has 0 radical (unpaired) electrons. The van der Waals surface area contributed by atoms with E-state index >= 15 is 0 Å². The van der Waals surface area contributed by atoms with E-state index in [0.29, 0.717) is 16.6 Å². The fourth-order valence-electron chi connectivity index (χ4n) is 3.20. The molecule has 0 N–H and O–H groups in total. The molecule has 0 bridgehead atoms. The van der Waals surface area contributed by atoms with Crippen molar-refractivity contribution < 1.29 is 9.53 Å². The Morgan fingerprint density at radius 2 is 1.92 bits per heavy atom. The molecule has 3 nitrogen and oxygen atoms in total. The van der Waals surface area contributed by atoms with Gasteiger partial charge >= 0.3 is 5.97 Å². The second kappa shape index (κ2) is 5.91. The first-order chi connectivity index (χ1) is 11.7. The second-order valence-electron chi connectivity index (χ2n) is 6.04. The van der Waals surface area contributed by atoms with Crippen molar-refractivity contribution in [2.75, 3.05) is 7.11 Å². The molecule has 2 aromatic carbocycles. The van der Waals surface area contributed by atoms with Gasteiger partial charge in [0.25, 0.3) is 0 Å². The van der Waals surface area contributed by atoms with Gasteiger partial charge in [-0.05, 0) is 48.1 Å². The third kappa shape index (κ3) is 2.55. The fourth-order valence-corrected chi connectivity index (χ4v) is 3.37. The summed E-state index contributed by atoms with van der Waals surface area (Å²) in [5.74, 6) is 0.0279. The molecule has 0 atom stereocenters. The van der Waals surface area contributed by atoms with E-state index in [4.69, 9.17) is 16.3 Å². The fraction of sp³-hybridized carbons (Fsp3) is 0.200. The molecule has 1 fully saturated rings. The summed E-state index contributed by atoms with van der Waals surface area (Å²) >= 11 is 6.22. The number of aromatic nitrogens is 1. The Morgan fingerprint density at radius 1 is 1.17 bits per heavy atom. The lowest BCUT2D eigenvalue weighted by Crippen LogP contribution is -2.09. The van der Waals surface area contributed by atoms with Gasteiger partial charge in [0.05, 0.1) is 12.6 Å². The molecule has 1 aliphatic rings. The van der Waals surface area contributed by atoms with Crippen molar-refractivity contribution in [3.05, 3.63) is 64.8 Å². The highest BCUT2D eigenvalue weighted by Gasteiger charge is 2.32. The first kappa shape index (κ1) is 15.2. The molecule has 4 heteroatoms. The van der Waals surface area contributed by atoms with E-state index in [1.54, 1.807) is 6.07 Å². The van der Waals surface area contributed by atoms with Crippen LogP contribution in [0.4, 0.5) is 0 Å². The highest BCUT2D eigenvalue weighted by atomic mass is 35.5. The second-order valence-corrected chi connectivity index (χ2v) is 6.48. The summed E-state index contributed by atoms with van der Waals surface area (Å²) in [6.07, 6.45) is 2.23. The first-order valence-electron chi connectivity index (χ1n) is 7.96. The van der Waals surface area contributed by atoms with Crippen LogP contribution in [0, 0.1) is 0 Å². The van der Waals surface area contributed by atoms with E-state index in [0.717, 1.165) is 40.4 Å². The van der Waals surface area contributed by atoms with E-state index in [1.165, 1.54) is 7.11 Å². The predicted molar refractivity (Wildman–Crippen MR) is 95.5 cm³/mol. The van der Waals surface area contributed by atoms with Crippen LogP contribution < -0.4 is 0 Å². The number of carbonyl (C=O) groups is 1. The Hall–Kier alpha value is -2.39. The van der Waals surface area contributed by atoms with Crippen LogP contribution in [-0.2, 0) is 4.74 Å². The van der Waals surface area contributed by atoms with Crippen molar-refractivity contribution in [2.45, 2.75) is 18.8 Å². The maximum absolute atomic E-state index is 12.4. The van der Waals surface area contributed by atoms with E-state index in [1.807, 2.05) is 42.5 Å². The van der Waals surface area contributed by atoms with Gasteiger partial charge in [0.15, 0.2) is 5.69 Å². The number of hydrogen-bond donors (Lipinski definition) is 0. The molecule has 0 saturated heterocycles. The Bertz CT molecular complexity index is 933.